The predicted octanol–water partition coefficient (Wildman–Crippen LogP) is 4.44. The van der Waals surface area contributed by atoms with Gasteiger partial charge in [-0.1, -0.05) is 18.2 Å². The second-order valence-electron chi connectivity index (χ2n) is 7.72. The van der Waals surface area contributed by atoms with E-state index in [1.54, 1.807) is 6.92 Å². The number of halogens is 3. The van der Waals surface area contributed by atoms with E-state index in [-0.39, 0.29) is 13.2 Å². The molecule has 1 aliphatic heterocycles. The normalized spacial score (nSPS) is 16.3. The van der Waals surface area contributed by atoms with Crippen molar-refractivity contribution in [1.29, 1.82) is 0 Å². The quantitative estimate of drug-likeness (QED) is 0.472. The van der Waals surface area contributed by atoms with Crippen LogP contribution < -0.4 is 5.32 Å². The maximum Gasteiger partial charge on any atom is 0.417 e. The molecule has 0 spiro atoms. The Morgan fingerprint density at radius 1 is 1.22 bits per heavy atom. The molecular weight excluding hydrogens is 423 g/mol. The summed E-state index contributed by atoms with van der Waals surface area (Å²) in [5.74, 6) is 0. The second-order valence-corrected chi connectivity index (χ2v) is 7.72. The standard InChI is InChI=1S/C22H18F3N5O2/c1-11-18-15-5-3-4-6-16(15)27-12(2)20(18)30(29-11)21(31)28-17-10-32-9-13-7-14(22(23,24)25)8-26-19(13)17/h3-8,17H,9-10H2,1-2H3,(H,28,31)/t17-/m1/s1. The molecule has 3 aromatic heterocycles. The zero-order valence-corrected chi connectivity index (χ0v) is 17.2. The van der Waals surface area contributed by atoms with E-state index in [0.717, 1.165) is 28.6 Å². The summed E-state index contributed by atoms with van der Waals surface area (Å²) < 4.78 is 45.7. The molecule has 4 aromatic rings. The van der Waals surface area contributed by atoms with E-state index in [2.05, 4.69) is 20.4 Å². The largest absolute Gasteiger partial charge is 0.417 e. The first kappa shape index (κ1) is 20.4. The smallest absolute Gasteiger partial charge is 0.374 e. The number of rotatable bonds is 1. The summed E-state index contributed by atoms with van der Waals surface area (Å²) in [6.07, 6.45) is -3.73. The van der Waals surface area contributed by atoms with Crippen LogP contribution in [0, 0.1) is 13.8 Å². The molecular formula is C22H18F3N5O2. The number of benzene rings is 1. The average Bonchev–Trinajstić information content (AvgIpc) is 3.11. The Balaban J connectivity index is 1.53. The van der Waals surface area contributed by atoms with E-state index in [9.17, 15) is 18.0 Å². The van der Waals surface area contributed by atoms with Gasteiger partial charge in [-0.15, -0.1) is 0 Å². The first-order valence-corrected chi connectivity index (χ1v) is 9.93. The summed E-state index contributed by atoms with van der Waals surface area (Å²) >= 11 is 0. The molecule has 0 bridgehead atoms. The van der Waals surface area contributed by atoms with Crippen molar-refractivity contribution in [1.82, 2.24) is 25.1 Å². The van der Waals surface area contributed by atoms with E-state index in [4.69, 9.17) is 4.74 Å². The molecule has 0 saturated carbocycles. The van der Waals surface area contributed by atoms with Gasteiger partial charge in [-0.2, -0.15) is 23.0 Å². The maximum absolute atomic E-state index is 13.2. The van der Waals surface area contributed by atoms with Gasteiger partial charge in [0, 0.05) is 22.5 Å². The number of nitrogens with zero attached hydrogens (tertiary/aromatic N) is 4. The van der Waals surface area contributed by atoms with Crippen molar-refractivity contribution >= 4 is 27.8 Å². The van der Waals surface area contributed by atoms with Crippen LogP contribution in [-0.2, 0) is 17.5 Å². The SMILES string of the molecule is Cc1nn(C(=O)N[C@@H]2COCc3cc(C(F)(F)F)cnc32)c2c(C)nc3ccccc3c12. The number of fused-ring (bicyclic) bond motifs is 4. The zero-order chi connectivity index (χ0) is 22.6. The molecule has 0 unspecified atom stereocenters. The third-order valence-corrected chi connectivity index (χ3v) is 5.56. The van der Waals surface area contributed by atoms with E-state index in [1.807, 2.05) is 31.2 Å². The molecule has 10 heteroatoms. The average molecular weight is 441 g/mol. The number of aromatic nitrogens is 4. The van der Waals surface area contributed by atoms with Crippen LogP contribution in [0.4, 0.5) is 18.0 Å². The van der Waals surface area contributed by atoms with Gasteiger partial charge >= 0.3 is 12.2 Å². The molecule has 5 rings (SSSR count). The van der Waals surface area contributed by atoms with Gasteiger partial charge in [-0.3, -0.25) is 9.97 Å². The predicted molar refractivity (Wildman–Crippen MR) is 110 cm³/mol. The molecule has 0 saturated heterocycles. The minimum atomic E-state index is -4.50. The Morgan fingerprint density at radius 2 is 2.00 bits per heavy atom. The van der Waals surface area contributed by atoms with E-state index in [1.165, 1.54) is 4.68 Å². The summed E-state index contributed by atoms with van der Waals surface area (Å²) in [6.45, 7) is 3.71. The summed E-state index contributed by atoms with van der Waals surface area (Å²) in [5.41, 5.74) is 2.49. The maximum atomic E-state index is 13.2. The summed E-state index contributed by atoms with van der Waals surface area (Å²) in [4.78, 5) is 21.7. The van der Waals surface area contributed by atoms with Gasteiger partial charge in [0.05, 0.1) is 47.4 Å². The molecule has 32 heavy (non-hydrogen) atoms. The number of para-hydroxylation sites is 1. The van der Waals surface area contributed by atoms with Crippen LogP contribution in [0.25, 0.3) is 21.8 Å². The van der Waals surface area contributed by atoms with Gasteiger partial charge < -0.3 is 10.1 Å². The molecule has 1 N–H and O–H groups in total. The molecule has 1 amide bonds. The Kier molecular flexibility index (Phi) is 4.63. The summed E-state index contributed by atoms with van der Waals surface area (Å²) in [6, 6.07) is 7.38. The highest BCUT2D eigenvalue weighted by atomic mass is 19.4. The highest BCUT2D eigenvalue weighted by Crippen LogP contribution is 2.33. The van der Waals surface area contributed by atoms with Gasteiger partial charge in [0.1, 0.15) is 5.52 Å². The monoisotopic (exact) mass is 441 g/mol. The number of hydrogen-bond donors (Lipinski definition) is 1. The minimum absolute atomic E-state index is 0.00253. The minimum Gasteiger partial charge on any atom is -0.374 e. The van der Waals surface area contributed by atoms with Crippen molar-refractivity contribution in [2.75, 3.05) is 6.61 Å². The zero-order valence-electron chi connectivity index (χ0n) is 17.2. The van der Waals surface area contributed by atoms with Crippen LogP contribution in [0.5, 0.6) is 0 Å². The molecule has 0 aliphatic carbocycles. The van der Waals surface area contributed by atoms with E-state index >= 15 is 0 Å². The number of hydrogen-bond acceptors (Lipinski definition) is 5. The number of alkyl halides is 3. The van der Waals surface area contributed by atoms with Gasteiger partial charge in [0.2, 0.25) is 0 Å². The van der Waals surface area contributed by atoms with Crippen LogP contribution in [-0.4, -0.2) is 32.4 Å². The molecule has 4 heterocycles. The molecule has 0 radical (unpaired) electrons. The lowest BCUT2D eigenvalue weighted by atomic mass is 10.0. The highest BCUT2D eigenvalue weighted by molar-refractivity contribution is 6.08. The fourth-order valence-corrected chi connectivity index (χ4v) is 4.14. The topological polar surface area (TPSA) is 81.9 Å². The molecule has 7 nitrogen and oxygen atoms in total. The molecule has 1 aliphatic rings. The second kappa shape index (κ2) is 7.27. The number of ether oxygens (including phenoxy) is 1. The van der Waals surface area contributed by atoms with E-state index < -0.39 is 23.8 Å². The fraction of sp³-hybridized carbons (Fsp3) is 0.273. The van der Waals surface area contributed by atoms with Crippen LogP contribution >= 0.6 is 0 Å². The Morgan fingerprint density at radius 3 is 2.78 bits per heavy atom. The number of amides is 1. The Labute approximate surface area is 180 Å². The van der Waals surface area contributed by atoms with Crippen molar-refractivity contribution < 1.29 is 22.7 Å². The third-order valence-electron chi connectivity index (χ3n) is 5.56. The first-order chi connectivity index (χ1) is 15.2. The lowest BCUT2D eigenvalue weighted by Gasteiger charge is -2.26. The van der Waals surface area contributed by atoms with Crippen LogP contribution in [0.2, 0.25) is 0 Å². The van der Waals surface area contributed by atoms with Crippen molar-refractivity contribution in [3.8, 4) is 0 Å². The van der Waals surface area contributed by atoms with Gasteiger partial charge in [0.15, 0.2) is 0 Å². The van der Waals surface area contributed by atoms with Gasteiger partial charge in [-0.05, 0) is 26.0 Å². The fourth-order valence-electron chi connectivity index (χ4n) is 4.14. The van der Waals surface area contributed by atoms with Crippen molar-refractivity contribution in [3.63, 3.8) is 0 Å². The Bertz CT molecular complexity index is 1380. The van der Waals surface area contributed by atoms with Crippen molar-refractivity contribution in [3.05, 3.63) is 64.7 Å². The highest BCUT2D eigenvalue weighted by Gasteiger charge is 2.34. The molecule has 164 valence electrons. The number of pyridine rings is 2. The third kappa shape index (κ3) is 3.27. The van der Waals surface area contributed by atoms with Crippen molar-refractivity contribution in [2.45, 2.75) is 32.7 Å². The van der Waals surface area contributed by atoms with Crippen LogP contribution in [0.15, 0.2) is 36.5 Å². The first-order valence-electron chi connectivity index (χ1n) is 9.93. The molecule has 1 aromatic carbocycles. The lowest BCUT2D eigenvalue weighted by molar-refractivity contribution is -0.138. The molecule has 0 fully saturated rings. The van der Waals surface area contributed by atoms with Crippen LogP contribution in [0.3, 0.4) is 0 Å². The van der Waals surface area contributed by atoms with E-state index in [0.29, 0.717) is 28.2 Å². The Hall–Kier alpha value is -3.53. The van der Waals surface area contributed by atoms with Crippen LogP contribution in [0.1, 0.15) is 34.3 Å². The summed E-state index contributed by atoms with van der Waals surface area (Å²) in [7, 11) is 0. The van der Waals surface area contributed by atoms with Crippen molar-refractivity contribution in [2.24, 2.45) is 0 Å². The van der Waals surface area contributed by atoms with Gasteiger partial charge in [-0.25, -0.2) is 4.79 Å². The number of carbonyl (C=O) groups excluding carboxylic acids is 1. The number of nitrogens with one attached hydrogen (secondary N) is 1. The lowest BCUT2D eigenvalue weighted by Crippen LogP contribution is -2.38. The summed E-state index contributed by atoms with van der Waals surface area (Å²) in [5, 5.41) is 8.93. The number of carbonyl (C=O) groups is 1. The molecule has 1 atom stereocenters. The van der Waals surface area contributed by atoms with Gasteiger partial charge in [0.25, 0.3) is 0 Å². The number of aryl methyl sites for hydroxylation is 2.